The zero-order valence-electron chi connectivity index (χ0n) is 9.97. The SMILES string of the molecule is CN1CCCC(CNCC2CCCN2)C1. The number of piperidine rings is 1. The van der Waals surface area contributed by atoms with Crippen LogP contribution >= 0.6 is 0 Å². The summed E-state index contributed by atoms with van der Waals surface area (Å²) < 4.78 is 0. The summed E-state index contributed by atoms with van der Waals surface area (Å²) in [5, 5.41) is 7.16. The average molecular weight is 211 g/mol. The summed E-state index contributed by atoms with van der Waals surface area (Å²) in [5.41, 5.74) is 0. The molecule has 2 aliphatic rings. The van der Waals surface area contributed by atoms with E-state index in [-0.39, 0.29) is 0 Å². The Kier molecular flexibility index (Phi) is 4.42. The third-order valence-electron chi connectivity index (χ3n) is 3.71. The molecule has 0 aliphatic carbocycles. The Morgan fingerprint density at radius 1 is 1.27 bits per heavy atom. The van der Waals surface area contributed by atoms with E-state index in [2.05, 4.69) is 22.6 Å². The molecule has 2 N–H and O–H groups in total. The second-order valence-electron chi connectivity index (χ2n) is 5.22. The number of rotatable bonds is 4. The first-order chi connectivity index (χ1) is 7.34. The number of hydrogen-bond donors (Lipinski definition) is 2. The lowest BCUT2D eigenvalue weighted by Crippen LogP contribution is -2.40. The third-order valence-corrected chi connectivity index (χ3v) is 3.71. The molecule has 3 nitrogen and oxygen atoms in total. The zero-order chi connectivity index (χ0) is 10.5. The van der Waals surface area contributed by atoms with Gasteiger partial charge in [0.1, 0.15) is 0 Å². The number of hydrogen-bond acceptors (Lipinski definition) is 3. The Balaban J connectivity index is 1.56. The first kappa shape index (κ1) is 11.4. The number of nitrogens with zero attached hydrogens (tertiary/aromatic N) is 1. The summed E-state index contributed by atoms with van der Waals surface area (Å²) >= 11 is 0. The molecule has 0 bridgehead atoms. The van der Waals surface area contributed by atoms with Crippen LogP contribution in [0, 0.1) is 5.92 Å². The number of likely N-dealkylation sites (tertiary alicyclic amines) is 1. The molecule has 15 heavy (non-hydrogen) atoms. The first-order valence-corrected chi connectivity index (χ1v) is 6.47. The second-order valence-corrected chi connectivity index (χ2v) is 5.22. The van der Waals surface area contributed by atoms with Gasteiger partial charge in [-0.25, -0.2) is 0 Å². The lowest BCUT2D eigenvalue weighted by molar-refractivity contribution is 0.205. The highest BCUT2D eigenvalue weighted by Crippen LogP contribution is 2.14. The Morgan fingerprint density at radius 3 is 2.93 bits per heavy atom. The van der Waals surface area contributed by atoms with Gasteiger partial charge in [-0.3, -0.25) is 0 Å². The highest BCUT2D eigenvalue weighted by atomic mass is 15.1. The molecule has 3 heteroatoms. The molecule has 0 amide bonds. The molecule has 2 rings (SSSR count). The van der Waals surface area contributed by atoms with Gasteiger partial charge in [-0.05, 0) is 58.3 Å². The van der Waals surface area contributed by atoms with Crippen LogP contribution in [-0.4, -0.2) is 50.7 Å². The maximum Gasteiger partial charge on any atom is 0.0192 e. The average Bonchev–Trinajstić information content (AvgIpc) is 2.71. The zero-order valence-corrected chi connectivity index (χ0v) is 9.97. The van der Waals surface area contributed by atoms with Crippen molar-refractivity contribution in [1.29, 1.82) is 0 Å². The molecule has 2 saturated heterocycles. The molecule has 0 aromatic heterocycles. The summed E-state index contributed by atoms with van der Waals surface area (Å²) in [5.74, 6) is 0.880. The van der Waals surface area contributed by atoms with Crippen molar-refractivity contribution in [2.24, 2.45) is 5.92 Å². The fraction of sp³-hybridized carbons (Fsp3) is 1.00. The predicted molar refractivity (Wildman–Crippen MR) is 64.1 cm³/mol. The van der Waals surface area contributed by atoms with E-state index in [1.807, 2.05) is 0 Å². The molecule has 2 unspecified atom stereocenters. The molecule has 0 saturated carbocycles. The smallest absolute Gasteiger partial charge is 0.0192 e. The molecule has 0 aromatic carbocycles. The van der Waals surface area contributed by atoms with E-state index in [9.17, 15) is 0 Å². The van der Waals surface area contributed by atoms with Gasteiger partial charge in [-0.1, -0.05) is 0 Å². The van der Waals surface area contributed by atoms with Crippen molar-refractivity contribution < 1.29 is 0 Å². The molecule has 2 heterocycles. The fourth-order valence-corrected chi connectivity index (χ4v) is 2.83. The van der Waals surface area contributed by atoms with Gasteiger partial charge in [-0.2, -0.15) is 0 Å². The summed E-state index contributed by atoms with van der Waals surface area (Å²) in [6.45, 7) is 6.17. The van der Waals surface area contributed by atoms with E-state index in [4.69, 9.17) is 0 Å². The maximum absolute atomic E-state index is 3.63. The largest absolute Gasteiger partial charge is 0.315 e. The molecule has 0 radical (unpaired) electrons. The van der Waals surface area contributed by atoms with Gasteiger partial charge < -0.3 is 15.5 Å². The van der Waals surface area contributed by atoms with E-state index >= 15 is 0 Å². The minimum atomic E-state index is 0.742. The van der Waals surface area contributed by atoms with Crippen LogP contribution in [0.1, 0.15) is 25.7 Å². The van der Waals surface area contributed by atoms with E-state index in [0.717, 1.165) is 12.0 Å². The van der Waals surface area contributed by atoms with Crippen molar-refractivity contribution in [2.75, 3.05) is 39.8 Å². The summed E-state index contributed by atoms with van der Waals surface area (Å²) in [6, 6.07) is 0.742. The second kappa shape index (κ2) is 5.83. The van der Waals surface area contributed by atoms with Crippen LogP contribution in [0.4, 0.5) is 0 Å². The predicted octanol–water partition coefficient (Wildman–Crippen LogP) is 0.670. The van der Waals surface area contributed by atoms with Gasteiger partial charge in [-0.15, -0.1) is 0 Å². The van der Waals surface area contributed by atoms with Crippen molar-refractivity contribution in [3.63, 3.8) is 0 Å². The molecule has 0 spiro atoms. The van der Waals surface area contributed by atoms with E-state index in [1.165, 1.54) is 58.4 Å². The minimum absolute atomic E-state index is 0.742. The van der Waals surface area contributed by atoms with Gasteiger partial charge in [0.2, 0.25) is 0 Å². The molecule has 88 valence electrons. The van der Waals surface area contributed by atoms with Gasteiger partial charge in [0.15, 0.2) is 0 Å². The van der Waals surface area contributed by atoms with Crippen LogP contribution in [0.5, 0.6) is 0 Å². The third kappa shape index (κ3) is 3.74. The van der Waals surface area contributed by atoms with Crippen molar-refractivity contribution in [3.8, 4) is 0 Å². The summed E-state index contributed by atoms with van der Waals surface area (Å²) in [7, 11) is 2.24. The molecule has 2 atom stereocenters. The Labute approximate surface area is 93.6 Å². The topological polar surface area (TPSA) is 27.3 Å². The van der Waals surface area contributed by atoms with Crippen molar-refractivity contribution in [3.05, 3.63) is 0 Å². The Morgan fingerprint density at radius 2 is 2.20 bits per heavy atom. The van der Waals surface area contributed by atoms with Gasteiger partial charge in [0.25, 0.3) is 0 Å². The number of nitrogens with one attached hydrogen (secondary N) is 2. The first-order valence-electron chi connectivity index (χ1n) is 6.47. The maximum atomic E-state index is 3.63. The minimum Gasteiger partial charge on any atom is -0.315 e. The van der Waals surface area contributed by atoms with Gasteiger partial charge in [0.05, 0.1) is 0 Å². The molecule has 2 fully saturated rings. The van der Waals surface area contributed by atoms with Gasteiger partial charge in [0, 0.05) is 19.1 Å². The molecule has 0 aromatic rings. The van der Waals surface area contributed by atoms with Crippen LogP contribution in [0.15, 0.2) is 0 Å². The van der Waals surface area contributed by atoms with Crippen LogP contribution < -0.4 is 10.6 Å². The van der Waals surface area contributed by atoms with Crippen LogP contribution in [0.2, 0.25) is 0 Å². The van der Waals surface area contributed by atoms with Crippen LogP contribution in [-0.2, 0) is 0 Å². The van der Waals surface area contributed by atoms with E-state index < -0.39 is 0 Å². The van der Waals surface area contributed by atoms with Crippen LogP contribution in [0.25, 0.3) is 0 Å². The Hall–Kier alpha value is -0.120. The van der Waals surface area contributed by atoms with E-state index in [0.29, 0.717) is 0 Å². The normalized spacial score (nSPS) is 33.4. The van der Waals surface area contributed by atoms with E-state index in [1.54, 1.807) is 0 Å². The lowest BCUT2D eigenvalue weighted by Gasteiger charge is -2.30. The quantitative estimate of drug-likeness (QED) is 0.716. The highest BCUT2D eigenvalue weighted by Gasteiger charge is 2.18. The molecular formula is C12H25N3. The molecular weight excluding hydrogens is 186 g/mol. The highest BCUT2D eigenvalue weighted by molar-refractivity contribution is 4.78. The van der Waals surface area contributed by atoms with Gasteiger partial charge >= 0.3 is 0 Å². The van der Waals surface area contributed by atoms with Crippen molar-refractivity contribution in [1.82, 2.24) is 15.5 Å². The van der Waals surface area contributed by atoms with Crippen molar-refractivity contribution in [2.45, 2.75) is 31.7 Å². The Bertz CT molecular complexity index is 178. The lowest BCUT2D eigenvalue weighted by atomic mass is 9.98. The van der Waals surface area contributed by atoms with Crippen LogP contribution in [0.3, 0.4) is 0 Å². The standard InChI is InChI=1S/C12H25N3/c1-15-7-3-4-11(10-15)8-13-9-12-5-2-6-14-12/h11-14H,2-10H2,1H3. The summed E-state index contributed by atoms with van der Waals surface area (Å²) in [6.07, 6.45) is 5.51. The summed E-state index contributed by atoms with van der Waals surface area (Å²) in [4.78, 5) is 2.46. The van der Waals surface area contributed by atoms with Crippen molar-refractivity contribution >= 4 is 0 Å². The monoisotopic (exact) mass is 211 g/mol. The molecule has 2 aliphatic heterocycles. The fourth-order valence-electron chi connectivity index (χ4n) is 2.83.